The van der Waals surface area contributed by atoms with Crippen LogP contribution in [0.4, 0.5) is 4.79 Å². The minimum atomic E-state index is -0.329. The van der Waals surface area contributed by atoms with Gasteiger partial charge >= 0.3 is 6.09 Å². The molecule has 0 spiro atoms. The largest absolute Gasteiger partial charge is 0.449 e. The lowest BCUT2D eigenvalue weighted by atomic mass is 10.1. The zero-order valence-electron chi connectivity index (χ0n) is 12.5. The van der Waals surface area contributed by atoms with Gasteiger partial charge < -0.3 is 15.0 Å². The van der Waals surface area contributed by atoms with E-state index >= 15 is 0 Å². The molecule has 1 atom stereocenters. The fourth-order valence-corrected chi connectivity index (χ4v) is 2.77. The second-order valence-corrected chi connectivity index (χ2v) is 5.94. The van der Waals surface area contributed by atoms with Crippen molar-refractivity contribution in [1.29, 1.82) is 0 Å². The Morgan fingerprint density at radius 1 is 1.43 bits per heavy atom. The molecule has 0 saturated carbocycles. The van der Waals surface area contributed by atoms with E-state index in [9.17, 15) is 4.79 Å². The molecule has 1 aliphatic rings. The first-order valence-corrected chi connectivity index (χ1v) is 7.88. The number of nitrogens with zero attached hydrogens (tertiary/aromatic N) is 1. The summed E-state index contributed by atoms with van der Waals surface area (Å²) in [5.74, 6) is 0. The van der Waals surface area contributed by atoms with E-state index in [-0.39, 0.29) is 6.09 Å². The number of nitrogens with one attached hydrogen (secondary N) is 1. The number of carbonyl (C=O) groups excluding carboxylic acids is 1. The molecule has 4 nitrogen and oxygen atoms in total. The molecule has 1 aromatic carbocycles. The van der Waals surface area contributed by atoms with Crippen LogP contribution in [0.25, 0.3) is 0 Å². The van der Waals surface area contributed by atoms with E-state index in [2.05, 4.69) is 17.3 Å². The Bertz CT molecular complexity index is 450. The third-order valence-corrected chi connectivity index (χ3v) is 4.21. The van der Waals surface area contributed by atoms with E-state index in [0.29, 0.717) is 30.6 Å². The number of rotatable bonds is 6. The first-order valence-electron chi connectivity index (χ1n) is 7.50. The molecule has 1 heterocycles. The van der Waals surface area contributed by atoms with Crippen molar-refractivity contribution in [1.82, 2.24) is 10.2 Å². The first kappa shape index (κ1) is 16.1. The summed E-state index contributed by atoms with van der Waals surface area (Å²) in [5.41, 5.74) is 1.11. The quantitative estimate of drug-likeness (QED) is 0.878. The van der Waals surface area contributed by atoms with Crippen LogP contribution in [0.2, 0.25) is 5.02 Å². The molecule has 1 fully saturated rings. The number of carbonyl (C=O) groups is 1. The molecule has 1 saturated heterocycles. The molecule has 0 bridgehead atoms. The van der Waals surface area contributed by atoms with Crippen molar-refractivity contribution < 1.29 is 9.53 Å². The molecule has 1 aromatic rings. The summed E-state index contributed by atoms with van der Waals surface area (Å²) in [5, 5.41) is 3.53. The van der Waals surface area contributed by atoms with Gasteiger partial charge in [0.05, 0.1) is 6.61 Å². The van der Waals surface area contributed by atoms with Crippen LogP contribution in [0.1, 0.15) is 24.8 Å². The fourth-order valence-electron chi connectivity index (χ4n) is 2.65. The number of halogens is 1. The van der Waals surface area contributed by atoms with Crippen LogP contribution in [0.5, 0.6) is 0 Å². The van der Waals surface area contributed by atoms with Crippen molar-refractivity contribution in [2.24, 2.45) is 0 Å². The second kappa shape index (κ2) is 8.25. The summed E-state index contributed by atoms with van der Waals surface area (Å²) < 4.78 is 5.17. The molecule has 1 aliphatic heterocycles. The molecule has 1 unspecified atom stereocenters. The lowest BCUT2D eigenvalue weighted by Crippen LogP contribution is -2.32. The average molecular weight is 311 g/mol. The van der Waals surface area contributed by atoms with Gasteiger partial charge in [0.25, 0.3) is 0 Å². The predicted molar refractivity (Wildman–Crippen MR) is 84.8 cm³/mol. The van der Waals surface area contributed by atoms with E-state index in [1.165, 1.54) is 12.8 Å². The van der Waals surface area contributed by atoms with Crippen LogP contribution in [-0.4, -0.2) is 43.8 Å². The summed E-state index contributed by atoms with van der Waals surface area (Å²) in [4.78, 5) is 13.9. The normalized spacial score (nSPS) is 18.7. The van der Waals surface area contributed by atoms with Gasteiger partial charge in [0.15, 0.2) is 0 Å². The molecular weight excluding hydrogens is 288 g/mol. The van der Waals surface area contributed by atoms with Crippen LogP contribution < -0.4 is 5.32 Å². The smallest absolute Gasteiger partial charge is 0.407 e. The van der Waals surface area contributed by atoms with Gasteiger partial charge in [0.1, 0.15) is 0 Å². The van der Waals surface area contributed by atoms with Crippen molar-refractivity contribution in [3.05, 3.63) is 34.9 Å². The van der Waals surface area contributed by atoms with E-state index in [1.807, 2.05) is 24.3 Å². The topological polar surface area (TPSA) is 41.6 Å². The van der Waals surface area contributed by atoms with E-state index in [1.54, 1.807) is 0 Å². The van der Waals surface area contributed by atoms with Gasteiger partial charge in [0, 0.05) is 24.0 Å². The molecule has 2 rings (SSSR count). The Morgan fingerprint density at radius 2 is 2.19 bits per heavy atom. The van der Waals surface area contributed by atoms with Crippen LogP contribution in [0, 0.1) is 0 Å². The molecule has 1 amide bonds. The maximum Gasteiger partial charge on any atom is 0.407 e. The first-order chi connectivity index (χ1) is 10.1. The molecule has 5 heteroatoms. The summed E-state index contributed by atoms with van der Waals surface area (Å²) in [6.07, 6.45) is 3.85. The third-order valence-electron chi connectivity index (χ3n) is 3.96. The van der Waals surface area contributed by atoms with Gasteiger partial charge in [-0.3, -0.25) is 0 Å². The molecule has 0 aromatic heterocycles. The molecule has 0 radical (unpaired) electrons. The highest BCUT2D eigenvalue weighted by molar-refractivity contribution is 6.30. The highest BCUT2D eigenvalue weighted by Gasteiger charge is 2.20. The zero-order valence-corrected chi connectivity index (χ0v) is 13.2. The van der Waals surface area contributed by atoms with Crippen LogP contribution in [-0.2, 0) is 11.2 Å². The highest BCUT2D eigenvalue weighted by Crippen LogP contribution is 2.16. The lowest BCUT2D eigenvalue weighted by molar-refractivity contribution is 0.146. The van der Waals surface area contributed by atoms with Crippen molar-refractivity contribution in [2.45, 2.75) is 31.7 Å². The van der Waals surface area contributed by atoms with Gasteiger partial charge in [0.2, 0.25) is 0 Å². The molecule has 1 N–H and O–H groups in total. The number of likely N-dealkylation sites (tertiary alicyclic amines) is 1. The minimum Gasteiger partial charge on any atom is -0.449 e. The Labute approximate surface area is 131 Å². The van der Waals surface area contributed by atoms with Gasteiger partial charge in [-0.25, -0.2) is 4.79 Å². The second-order valence-electron chi connectivity index (χ2n) is 5.50. The summed E-state index contributed by atoms with van der Waals surface area (Å²) in [7, 11) is 2.14. The monoisotopic (exact) mass is 310 g/mol. The fraction of sp³-hybridized carbons (Fsp3) is 0.562. The zero-order chi connectivity index (χ0) is 15.1. The van der Waals surface area contributed by atoms with Crippen molar-refractivity contribution in [2.75, 3.05) is 26.7 Å². The van der Waals surface area contributed by atoms with Gasteiger partial charge in [-0.15, -0.1) is 0 Å². The molecule has 0 aliphatic carbocycles. The summed E-state index contributed by atoms with van der Waals surface area (Å²) in [6.45, 7) is 2.22. The molecule has 116 valence electrons. The van der Waals surface area contributed by atoms with Crippen LogP contribution >= 0.6 is 11.6 Å². The van der Waals surface area contributed by atoms with Crippen LogP contribution in [0.15, 0.2) is 24.3 Å². The SMILES string of the molecule is CN1CCCC1CCNC(=O)OCCc1ccc(Cl)cc1. The number of hydrogen-bond acceptors (Lipinski definition) is 3. The Hall–Kier alpha value is -1.26. The Kier molecular flexibility index (Phi) is 6.33. The third kappa shape index (κ3) is 5.56. The Balaban J connectivity index is 1.56. The maximum absolute atomic E-state index is 11.6. The summed E-state index contributed by atoms with van der Waals surface area (Å²) in [6, 6.07) is 8.17. The minimum absolute atomic E-state index is 0.329. The van der Waals surface area contributed by atoms with E-state index in [4.69, 9.17) is 16.3 Å². The van der Waals surface area contributed by atoms with Crippen molar-refractivity contribution >= 4 is 17.7 Å². The summed E-state index contributed by atoms with van der Waals surface area (Å²) >= 11 is 5.82. The van der Waals surface area contributed by atoms with Gasteiger partial charge in [-0.2, -0.15) is 0 Å². The van der Waals surface area contributed by atoms with E-state index in [0.717, 1.165) is 18.5 Å². The number of benzene rings is 1. The lowest BCUT2D eigenvalue weighted by Gasteiger charge is -2.19. The maximum atomic E-state index is 11.6. The van der Waals surface area contributed by atoms with Crippen molar-refractivity contribution in [3.8, 4) is 0 Å². The van der Waals surface area contributed by atoms with E-state index < -0.39 is 0 Å². The van der Waals surface area contributed by atoms with Crippen LogP contribution in [0.3, 0.4) is 0 Å². The number of alkyl carbamates (subject to hydrolysis) is 1. The number of ether oxygens (including phenoxy) is 1. The van der Waals surface area contributed by atoms with Crippen molar-refractivity contribution in [3.63, 3.8) is 0 Å². The van der Waals surface area contributed by atoms with Gasteiger partial charge in [-0.05, 0) is 50.6 Å². The molecule has 21 heavy (non-hydrogen) atoms. The van der Waals surface area contributed by atoms with Gasteiger partial charge in [-0.1, -0.05) is 23.7 Å². The highest BCUT2D eigenvalue weighted by atomic mass is 35.5. The average Bonchev–Trinajstić information content (AvgIpc) is 2.87. The standard InChI is InChI=1S/C16H23ClN2O2/c1-19-11-2-3-15(19)8-10-18-16(20)21-12-9-13-4-6-14(17)7-5-13/h4-7,15H,2-3,8-12H2,1H3,(H,18,20). The number of amides is 1. The predicted octanol–water partition coefficient (Wildman–Crippen LogP) is 3.09. The number of hydrogen-bond donors (Lipinski definition) is 1. The Morgan fingerprint density at radius 3 is 2.86 bits per heavy atom. The molecular formula is C16H23ClN2O2.